The van der Waals surface area contributed by atoms with Gasteiger partial charge < -0.3 is 14.5 Å². The van der Waals surface area contributed by atoms with E-state index < -0.39 is 17.4 Å². The van der Waals surface area contributed by atoms with Crippen LogP contribution in [0.15, 0.2) is 82.5 Å². The Bertz CT molecular complexity index is 1380. The van der Waals surface area contributed by atoms with Crippen molar-refractivity contribution >= 4 is 22.6 Å². The molecule has 2 aromatic carbocycles. The number of benzene rings is 2. The van der Waals surface area contributed by atoms with E-state index >= 15 is 0 Å². The van der Waals surface area contributed by atoms with Crippen LogP contribution < -0.4 is 15.7 Å². The van der Waals surface area contributed by atoms with Gasteiger partial charge in [0.15, 0.2) is 5.83 Å². The molecule has 4 rings (SSSR count). The van der Waals surface area contributed by atoms with Crippen molar-refractivity contribution in [2.75, 3.05) is 5.32 Å². The number of amides is 1. The van der Waals surface area contributed by atoms with Crippen molar-refractivity contribution in [3.8, 4) is 11.8 Å². The number of hydrogen-bond acceptors (Lipinski definition) is 6. The molecule has 0 saturated heterocycles. The van der Waals surface area contributed by atoms with Crippen LogP contribution in [0.3, 0.4) is 0 Å². The molecule has 0 fully saturated rings. The van der Waals surface area contributed by atoms with Gasteiger partial charge >= 0.3 is 11.6 Å². The molecule has 2 heterocycles. The number of carbonyl (C=O) groups is 1. The number of rotatable bonds is 6. The van der Waals surface area contributed by atoms with Gasteiger partial charge in [-0.25, -0.2) is 19.2 Å². The molecule has 1 N–H and O–H groups in total. The largest absolute Gasteiger partial charge is 0.424 e. The molecule has 0 aliphatic carbocycles. The van der Waals surface area contributed by atoms with E-state index in [0.29, 0.717) is 22.6 Å². The summed E-state index contributed by atoms with van der Waals surface area (Å²) in [7, 11) is 0. The first-order valence-corrected chi connectivity index (χ1v) is 9.66. The average molecular weight is 431 g/mol. The Morgan fingerprint density at radius 3 is 2.69 bits per heavy atom. The quantitative estimate of drug-likeness (QED) is 0.351. The van der Waals surface area contributed by atoms with Crippen LogP contribution in [0, 0.1) is 6.92 Å². The normalized spacial score (nSPS) is 10.7. The fourth-order valence-corrected chi connectivity index (χ4v) is 3.25. The van der Waals surface area contributed by atoms with Gasteiger partial charge in [-0.15, -0.1) is 0 Å². The molecule has 4 aromatic rings. The number of hydrogen-bond donors (Lipinski definition) is 1. The molecule has 0 atom stereocenters. The fourth-order valence-electron chi connectivity index (χ4n) is 3.25. The highest BCUT2D eigenvalue weighted by Crippen LogP contribution is 2.27. The molecular formula is C24H18FN3O4. The van der Waals surface area contributed by atoms with E-state index in [2.05, 4.69) is 21.9 Å². The van der Waals surface area contributed by atoms with Crippen molar-refractivity contribution in [1.82, 2.24) is 9.97 Å². The van der Waals surface area contributed by atoms with E-state index in [9.17, 15) is 14.0 Å². The lowest BCUT2D eigenvalue weighted by Crippen LogP contribution is -2.12. The maximum atomic E-state index is 13.0. The Balaban J connectivity index is 1.63. The number of halogens is 1. The molecule has 1 amide bonds. The van der Waals surface area contributed by atoms with Crippen LogP contribution >= 0.6 is 0 Å². The van der Waals surface area contributed by atoms with Crippen molar-refractivity contribution in [2.45, 2.75) is 13.3 Å². The topological polar surface area (TPSA) is 94.3 Å². The number of nitrogens with zero attached hydrogens (tertiary/aromatic N) is 2. The van der Waals surface area contributed by atoms with Crippen molar-refractivity contribution < 1.29 is 18.3 Å². The summed E-state index contributed by atoms with van der Waals surface area (Å²) in [6.45, 7) is 4.82. The molecule has 0 saturated carbocycles. The molecule has 8 heteroatoms. The standard InChI is InChI=1S/C24H18FN3O4/c1-14-19-8-7-18(31-24-26-9-4-10-27-24)13-21(19)32-23(30)20(14)12-16-5-3-6-17(11-16)28-22(29)15(2)25/h3-11,13H,2,12H2,1H3,(H,28,29). The molecular weight excluding hydrogens is 413 g/mol. The summed E-state index contributed by atoms with van der Waals surface area (Å²) in [6, 6.07) is 13.8. The second kappa shape index (κ2) is 8.81. The van der Waals surface area contributed by atoms with Gasteiger partial charge in [0.1, 0.15) is 11.3 Å². The van der Waals surface area contributed by atoms with Crippen LogP contribution in [0.4, 0.5) is 10.1 Å². The minimum absolute atomic E-state index is 0.186. The third-order valence-electron chi connectivity index (χ3n) is 4.82. The molecule has 0 unspecified atom stereocenters. The zero-order chi connectivity index (χ0) is 22.7. The highest BCUT2D eigenvalue weighted by atomic mass is 19.1. The fraction of sp³-hybridized carbons (Fsp3) is 0.0833. The first-order chi connectivity index (χ1) is 15.4. The maximum Gasteiger partial charge on any atom is 0.340 e. The van der Waals surface area contributed by atoms with Crippen LogP contribution in [0.1, 0.15) is 16.7 Å². The van der Waals surface area contributed by atoms with E-state index in [-0.39, 0.29) is 12.4 Å². The average Bonchev–Trinajstić information content (AvgIpc) is 2.77. The second-order valence-corrected chi connectivity index (χ2v) is 7.02. The molecule has 160 valence electrons. The number of ether oxygens (including phenoxy) is 1. The number of carbonyl (C=O) groups excluding carboxylic acids is 1. The van der Waals surface area contributed by atoms with Crippen LogP contribution in [0.5, 0.6) is 11.8 Å². The number of fused-ring (bicyclic) bond motifs is 1. The highest BCUT2D eigenvalue weighted by Gasteiger charge is 2.14. The third kappa shape index (κ3) is 4.54. The van der Waals surface area contributed by atoms with E-state index in [4.69, 9.17) is 9.15 Å². The summed E-state index contributed by atoms with van der Waals surface area (Å²) in [6.07, 6.45) is 3.41. The molecule has 0 aliphatic rings. The second-order valence-electron chi connectivity index (χ2n) is 7.02. The minimum atomic E-state index is -1.08. The summed E-state index contributed by atoms with van der Waals surface area (Å²) in [5, 5.41) is 3.18. The first-order valence-electron chi connectivity index (χ1n) is 9.66. The Morgan fingerprint density at radius 1 is 1.16 bits per heavy atom. The Hall–Kier alpha value is -4.33. The smallest absolute Gasteiger partial charge is 0.340 e. The molecule has 32 heavy (non-hydrogen) atoms. The highest BCUT2D eigenvalue weighted by molar-refractivity contribution is 6.01. The molecule has 2 aromatic heterocycles. The van der Waals surface area contributed by atoms with Gasteiger partial charge in [0, 0.05) is 41.5 Å². The Labute approximate surface area is 182 Å². The lowest BCUT2D eigenvalue weighted by Gasteiger charge is -2.10. The Morgan fingerprint density at radius 2 is 1.94 bits per heavy atom. The van der Waals surface area contributed by atoms with Crippen LogP contribution in [-0.4, -0.2) is 15.9 Å². The number of anilines is 1. The maximum absolute atomic E-state index is 13.0. The summed E-state index contributed by atoms with van der Waals surface area (Å²) in [5.74, 6) is -1.55. The number of nitrogens with one attached hydrogen (secondary N) is 1. The number of aryl methyl sites for hydroxylation is 1. The zero-order valence-corrected chi connectivity index (χ0v) is 17.1. The lowest BCUT2D eigenvalue weighted by atomic mass is 9.99. The zero-order valence-electron chi connectivity index (χ0n) is 17.1. The van der Waals surface area contributed by atoms with E-state index in [0.717, 1.165) is 16.5 Å². The predicted molar refractivity (Wildman–Crippen MR) is 117 cm³/mol. The molecule has 0 radical (unpaired) electrons. The van der Waals surface area contributed by atoms with Gasteiger partial charge in [-0.2, -0.15) is 0 Å². The van der Waals surface area contributed by atoms with Gasteiger partial charge in [0.25, 0.3) is 5.91 Å². The van der Waals surface area contributed by atoms with Crippen molar-refractivity contribution in [3.63, 3.8) is 0 Å². The molecule has 0 bridgehead atoms. The van der Waals surface area contributed by atoms with E-state index in [1.54, 1.807) is 60.9 Å². The number of aromatic nitrogens is 2. The van der Waals surface area contributed by atoms with Gasteiger partial charge in [0.05, 0.1) is 0 Å². The minimum Gasteiger partial charge on any atom is -0.424 e. The van der Waals surface area contributed by atoms with Crippen molar-refractivity contribution in [1.29, 1.82) is 0 Å². The van der Waals surface area contributed by atoms with E-state index in [1.165, 1.54) is 0 Å². The van der Waals surface area contributed by atoms with Crippen molar-refractivity contribution in [2.24, 2.45) is 0 Å². The van der Waals surface area contributed by atoms with Crippen molar-refractivity contribution in [3.05, 3.63) is 100 Å². The Kier molecular flexibility index (Phi) is 5.76. The van der Waals surface area contributed by atoms with E-state index in [1.807, 2.05) is 6.92 Å². The van der Waals surface area contributed by atoms with Gasteiger partial charge in [0.2, 0.25) is 0 Å². The van der Waals surface area contributed by atoms with Crippen LogP contribution in [0.2, 0.25) is 0 Å². The van der Waals surface area contributed by atoms with Gasteiger partial charge in [-0.05, 0) is 48.4 Å². The SMILES string of the molecule is C=C(F)C(=O)Nc1cccc(Cc2c(C)c3ccc(Oc4ncccn4)cc3oc2=O)c1. The van der Waals surface area contributed by atoms with Gasteiger partial charge in [-0.3, -0.25) is 4.79 Å². The molecule has 7 nitrogen and oxygen atoms in total. The summed E-state index contributed by atoms with van der Waals surface area (Å²) in [4.78, 5) is 32.2. The molecule has 0 spiro atoms. The summed E-state index contributed by atoms with van der Waals surface area (Å²) < 4.78 is 24.1. The van der Waals surface area contributed by atoms with Crippen LogP contribution in [-0.2, 0) is 11.2 Å². The lowest BCUT2D eigenvalue weighted by molar-refractivity contribution is -0.114. The summed E-state index contributed by atoms with van der Waals surface area (Å²) >= 11 is 0. The van der Waals surface area contributed by atoms with Gasteiger partial charge in [-0.1, -0.05) is 18.7 Å². The third-order valence-corrected chi connectivity index (χ3v) is 4.82. The summed E-state index contributed by atoms with van der Waals surface area (Å²) in [5.41, 5.74) is 2.31. The first kappa shape index (κ1) is 20.9. The monoisotopic (exact) mass is 431 g/mol. The molecule has 0 aliphatic heterocycles. The predicted octanol–water partition coefficient (Wildman–Crippen LogP) is 4.70. The van der Waals surface area contributed by atoms with Crippen LogP contribution in [0.25, 0.3) is 11.0 Å².